The largest absolute Gasteiger partial charge is 0.397 e. The number of nitrogens with one attached hydrogen (secondary N) is 1. The summed E-state index contributed by atoms with van der Waals surface area (Å²) in [6, 6.07) is 1.87. The third-order valence-electron chi connectivity index (χ3n) is 2.91. The lowest BCUT2D eigenvalue weighted by molar-refractivity contribution is 0.399. The number of anilines is 2. The van der Waals surface area contributed by atoms with Gasteiger partial charge in [-0.1, -0.05) is 0 Å². The molecule has 0 saturated carbocycles. The minimum absolute atomic E-state index is 0.679. The molecule has 4 nitrogen and oxygen atoms in total. The van der Waals surface area contributed by atoms with Crippen molar-refractivity contribution in [1.29, 1.82) is 0 Å². The highest BCUT2D eigenvalue weighted by molar-refractivity contribution is 9.10. The number of halogens is 1. The molecule has 1 aromatic rings. The first kappa shape index (κ1) is 11.7. The Hall–Kier alpha value is -0.810. The van der Waals surface area contributed by atoms with Crippen molar-refractivity contribution >= 4 is 27.4 Å². The number of nitrogens with two attached hydrogens (primary N) is 1. The van der Waals surface area contributed by atoms with Gasteiger partial charge in [-0.2, -0.15) is 0 Å². The van der Waals surface area contributed by atoms with Crippen LogP contribution in [0.4, 0.5) is 11.5 Å². The van der Waals surface area contributed by atoms with E-state index in [1.165, 1.54) is 19.5 Å². The molecule has 88 valence electrons. The first-order valence-corrected chi connectivity index (χ1v) is 6.28. The van der Waals surface area contributed by atoms with Crippen LogP contribution in [0.25, 0.3) is 0 Å². The molecule has 1 unspecified atom stereocenters. The average Bonchev–Trinajstić information content (AvgIpc) is 2.63. The van der Waals surface area contributed by atoms with Crippen molar-refractivity contribution < 1.29 is 0 Å². The second-order valence-electron chi connectivity index (χ2n) is 4.40. The Kier molecular flexibility index (Phi) is 3.66. The van der Waals surface area contributed by atoms with Crippen molar-refractivity contribution in [2.24, 2.45) is 5.92 Å². The van der Waals surface area contributed by atoms with Gasteiger partial charge in [0.25, 0.3) is 0 Å². The fourth-order valence-electron chi connectivity index (χ4n) is 2.02. The topological polar surface area (TPSA) is 54.2 Å². The van der Waals surface area contributed by atoms with Gasteiger partial charge in [-0.3, -0.25) is 0 Å². The molecule has 0 radical (unpaired) electrons. The molecule has 1 atom stereocenters. The van der Waals surface area contributed by atoms with Gasteiger partial charge in [0.2, 0.25) is 0 Å². The monoisotopic (exact) mass is 284 g/mol. The quantitative estimate of drug-likeness (QED) is 0.889. The molecule has 1 saturated heterocycles. The molecule has 1 aliphatic heterocycles. The minimum atomic E-state index is 0.679. The number of pyridine rings is 1. The first-order valence-electron chi connectivity index (χ1n) is 5.48. The number of aromatic nitrogens is 1. The number of rotatable bonds is 3. The van der Waals surface area contributed by atoms with Crippen LogP contribution >= 0.6 is 15.9 Å². The zero-order chi connectivity index (χ0) is 11.5. The summed E-state index contributed by atoms with van der Waals surface area (Å²) in [5, 5.41) is 3.36. The number of hydrogen-bond acceptors (Lipinski definition) is 4. The van der Waals surface area contributed by atoms with Gasteiger partial charge in [-0.05, 0) is 47.9 Å². The van der Waals surface area contributed by atoms with Gasteiger partial charge in [-0.15, -0.1) is 0 Å². The molecular weight excluding hydrogens is 268 g/mol. The summed E-state index contributed by atoms with van der Waals surface area (Å²) in [5.74, 6) is 1.60. The Balaban J connectivity index is 1.89. The fraction of sp³-hybridized carbons (Fsp3) is 0.545. The summed E-state index contributed by atoms with van der Waals surface area (Å²) in [5.41, 5.74) is 6.32. The second kappa shape index (κ2) is 5.01. The van der Waals surface area contributed by atoms with E-state index in [9.17, 15) is 0 Å². The van der Waals surface area contributed by atoms with Crippen LogP contribution in [0, 0.1) is 5.92 Å². The summed E-state index contributed by atoms with van der Waals surface area (Å²) in [6.45, 7) is 3.34. The van der Waals surface area contributed by atoms with Gasteiger partial charge in [0, 0.05) is 13.1 Å². The SMILES string of the molecule is CN1CCC(CNc2ncc(N)cc2Br)C1. The van der Waals surface area contributed by atoms with Gasteiger partial charge in [-0.25, -0.2) is 4.98 Å². The molecule has 1 aromatic heterocycles. The van der Waals surface area contributed by atoms with Crippen molar-refractivity contribution in [2.75, 3.05) is 37.7 Å². The summed E-state index contributed by atoms with van der Waals surface area (Å²) in [6.07, 6.45) is 2.93. The van der Waals surface area contributed by atoms with E-state index in [0.717, 1.165) is 22.8 Å². The predicted molar refractivity (Wildman–Crippen MR) is 70.4 cm³/mol. The maximum atomic E-state index is 5.64. The average molecular weight is 285 g/mol. The Morgan fingerprint density at radius 1 is 1.69 bits per heavy atom. The molecule has 1 fully saturated rings. The van der Waals surface area contributed by atoms with E-state index in [1.807, 2.05) is 6.07 Å². The van der Waals surface area contributed by atoms with E-state index in [0.29, 0.717) is 5.69 Å². The summed E-state index contributed by atoms with van der Waals surface area (Å²) in [7, 11) is 2.16. The maximum absolute atomic E-state index is 5.64. The van der Waals surface area contributed by atoms with Crippen LogP contribution in [0.5, 0.6) is 0 Å². The van der Waals surface area contributed by atoms with Crippen molar-refractivity contribution in [3.8, 4) is 0 Å². The van der Waals surface area contributed by atoms with Crippen molar-refractivity contribution in [2.45, 2.75) is 6.42 Å². The predicted octanol–water partition coefficient (Wildman–Crippen LogP) is 1.79. The van der Waals surface area contributed by atoms with Crippen molar-refractivity contribution in [3.63, 3.8) is 0 Å². The van der Waals surface area contributed by atoms with E-state index < -0.39 is 0 Å². The summed E-state index contributed by atoms with van der Waals surface area (Å²) in [4.78, 5) is 6.62. The van der Waals surface area contributed by atoms with Crippen molar-refractivity contribution in [1.82, 2.24) is 9.88 Å². The Morgan fingerprint density at radius 3 is 3.12 bits per heavy atom. The van der Waals surface area contributed by atoms with Gasteiger partial charge in [0.15, 0.2) is 0 Å². The minimum Gasteiger partial charge on any atom is -0.397 e. The Labute approximate surface area is 104 Å². The standard InChI is InChI=1S/C11H17BrN4/c1-16-3-2-8(7-16)5-14-11-10(12)4-9(13)6-15-11/h4,6,8H,2-3,5,7,13H2,1H3,(H,14,15). The molecule has 2 rings (SSSR count). The maximum Gasteiger partial charge on any atom is 0.140 e. The lowest BCUT2D eigenvalue weighted by atomic mass is 10.1. The Bertz CT molecular complexity index is 369. The van der Waals surface area contributed by atoms with Crippen LogP contribution in [-0.2, 0) is 0 Å². The molecule has 0 bridgehead atoms. The molecule has 0 amide bonds. The van der Waals surface area contributed by atoms with Crippen molar-refractivity contribution in [3.05, 3.63) is 16.7 Å². The van der Waals surface area contributed by atoms with E-state index >= 15 is 0 Å². The van der Waals surface area contributed by atoms with Crippen LogP contribution < -0.4 is 11.1 Å². The zero-order valence-electron chi connectivity index (χ0n) is 9.41. The van der Waals surface area contributed by atoms with Crippen LogP contribution in [0.1, 0.15) is 6.42 Å². The first-order chi connectivity index (χ1) is 7.65. The zero-order valence-corrected chi connectivity index (χ0v) is 11.0. The number of likely N-dealkylation sites (tertiary alicyclic amines) is 1. The molecule has 0 aliphatic carbocycles. The highest BCUT2D eigenvalue weighted by Crippen LogP contribution is 2.23. The molecule has 16 heavy (non-hydrogen) atoms. The molecular formula is C11H17BrN4. The second-order valence-corrected chi connectivity index (χ2v) is 5.25. The normalized spacial score (nSPS) is 21.2. The number of hydrogen-bond donors (Lipinski definition) is 2. The fourth-order valence-corrected chi connectivity index (χ4v) is 2.52. The molecule has 0 spiro atoms. The number of nitrogen functional groups attached to an aromatic ring is 1. The summed E-state index contributed by atoms with van der Waals surface area (Å²) < 4.78 is 0.929. The molecule has 2 heterocycles. The molecule has 5 heteroatoms. The highest BCUT2D eigenvalue weighted by Gasteiger charge is 2.19. The number of nitrogens with zero attached hydrogens (tertiary/aromatic N) is 2. The van der Waals surface area contributed by atoms with Gasteiger partial charge < -0.3 is 16.0 Å². The third-order valence-corrected chi connectivity index (χ3v) is 3.51. The smallest absolute Gasteiger partial charge is 0.140 e. The molecule has 0 aromatic carbocycles. The van der Waals surface area contributed by atoms with Crippen LogP contribution in [0.2, 0.25) is 0 Å². The third kappa shape index (κ3) is 2.86. The lowest BCUT2D eigenvalue weighted by Crippen LogP contribution is -2.19. The van der Waals surface area contributed by atoms with E-state index in [2.05, 4.69) is 38.2 Å². The van der Waals surface area contributed by atoms with Gasteiger partial charge in [0.1, 0.15) is 5.82 Å². The molecule has 1 aliphatic rings. The van der Waals surface area contributed by atoms with Crippen LogP contribution in [0.3, 0.4) is 0 Å². The van der Waals surface area contributed by atoms with Crippen LogP contribution in [0.15, 0.2) is 16.7 Å². The Morgan fingerprint density at radius 2 is 2.50 bits per heavy atom. The van der Waals surface area contributed by atoms with Gasteiger partial charge in [0.05, 0.1) is 16.4 Å². The van der Waals surface area contributed by atoms with E-state index in [4.69, 9.17) is 5.73 Å². The van der Waals surface area contributed by atoms with Crippen LogP contribution in [-0.4, -0.2) is 36.6 Å². The lowest BCUT2D eigenvalue weighted by Gasteiger charge is -2.13. The molecule has 3 N–H and O–H groups in total. The van der Waals surface area contributed by atoms with Gasteiger partial charge >= 0.3 is 0 Å². The summed E-state index contributed by atoms with van der Waals surface area (Å²) >= 11 is 3.45. The highest BCUT2D eigenvalue weighted by atomic mass is 79.9. The van der Waals surface area contributed by atoms with E-state index in [-0.39, 0.29) is 0 Å². The van der Waals surface area contributed by atoms with E-state index in [1.54, 1.807) is 6.20 Å².